The molecule has 0 spiro atoms. The zero-order valence-corrected chi connectivity index (χ0v) is 8.84. The molecule has 0 saturated heterocycles. The van der Waals surface area contributed by atoms with E-state index in [0.717, 1.165) is 4.90 Å². The average molecular weight is 208 g/mol. The molecule has 0 aliphatic carbocycles. The SMILES string of the molecule is CCC(=O)C(=O)CSc1ccccc1. The molecule has 14 heavy (non-hydrogen) atoms. The van der Waals surface area contributed by atoms with Gasteiger partial charge in [-0.2, -0.15) is 0 Å². The van der Waals surface area contributed by atoms with Crippen molar-refractivity contribution in [2.24, 2.45) is 0 Å². The number of Topliss-reactive ketones (excluding diaryl/α,β-unsaturated/α-hetero) is 2. The number of thioether (sulfide) groups is 1. The van der Waals surface area contributed by atoms with Crippen LogP contribution in [0.1, 0.15) is 13.3 Å². The zero-order valence-electron chi connectivity index (χ0n) is 8.03. The summed E-state index contributed by atoms with van der Waals surface area (Å²) in [5.74, 6) is -0.328. The molecular weight excluding hydrogens is 196 g/mol. The van der Waals surface area contributed by atoms with Gasteiger partial charge < -0.3 is 0 Å². The summed E-state index contributed by atoms with van der Waals surface area (Å²) in [5, 5.41) is 0. The second kappa shape index (κ2) is 5.60. The van der Waals surface area contributed by atoms with Crippen molar-refractivity contribution in [2.75, 3.05) is 5.75 Å². The fourth-order valence-electron chi connectivity index (χ4n) is 0.943. The summed E-state index contributed by atoms with van der Waals surface area (Å²) >= 11 is 1.40. The maximum atomic E-state index is 11.2. The van der Waals surface area contributed by atoms with E-state index in [1.54, 1.807) is 6.92 Å². The van der Waals surface area contributed by atoms with Crippen molar-refractivity contribution in [3.63, 3.8) is 0 Å². The molecule has 1 aromatic carbocycles. The van der Waals surface area contributed by atoms with Gasteiger partial charge in [0.15, 0.2) is 5.78 Å². The third-order valence-corrected chi connectivity index (χ3v) is 2.76. The van der Waals surface area contributed by atoms with Gasteiger partial charge in [0.05, 0.1) is 5.75 Å². The molecule has 2 nitrogen and oxygen atoms in total. The Bertz CT molecular complexity index is 319. The highest BCUT2D eigenvalue weighted by Crippen LogP contribution is 2.16. The lowest BCUT2D eigenvalue weighted by molar-refractivity contribution is -0.134. The van der Waals surface area contributed by atoms with Crippen LogP contribution in [0, 0.1) is 0 Å². The number of hydrogen-bond donors (Lipinski definition) is 0. The molecule has 0 aliphatic rings. The van der Waals surface area contributed by atoms with E-state index in [4.69, 9.17) is 0 Å². The Kier molecular flexibility index (Phi) is 4.40. The van der Waals surface area contributed by atoms with Crippen LogP contribution in [0.4, 0.5) is 0 Å². The van der Waals surface area contributed by atoms with Crippen molar-refractivity contribution < 1.29 is 9.59 Å². The summed E-state index contributed by atoms with van der Waals surface area (Å²) in [7, 11) is 0. The fraction of sp³-hybridized carbons (Fsp3) is 0.273. The van der Waals surface area contributed by atoms with Gasteiger partial charge in [0.2, 0.25) is 5.78 Å². The minimum atomic E-state index is -0.290. The lowest BCUT2D eigenvalue weighted by Gasteiger charge is -1.98. The van der Waals surface area contributed by atoms with Crippen LogP contribution in [0.15, 0.2) is 35.2 Å². The van der Waals surface area contributed by atoms with Gasteiger partial charge in [0.1, 0.15) is 0 Å². The average Bonchev–Trinajstić information content (AvgIpc) is 2.26. The molecule has 0 aromatic heterocycles. The second-order valence-corrected chi connectivity index (χ2v) is 3.85. The topological polar surface area (TPSA) is 34.1 Å². The molecule has 74 valence electrons. The third kappa shape index (κ3) is 3.34. The lowest BCUT2D eigenvalue weighted by atomic mass is 10.2. The standard InChI is InChI=1S/C11H12O2S/c1-2-10(12)11(13)8-14-9-6-4-3-5-7-9/h3-7H,2,8H2,1H3. The van der Waals surface area contributed by atoms with E-state index in [9.17, 15) is 9.59 Å². The molecule has 0 aliphatic heterocycles. The number of carbonyl (C=O) groups excluding carboxylic acids is 2. The Hall–Kier alpha value is -1.09. The summed E-state index contributed by atoms with van der Waals surface area (Å²) in [6, 6.07) is 9.59. The molecule has 0 unspecified atom stereocenters. The van der Waals surface area contributed by atoms with Crippen LogP contribution >= 0.6 is 11.8 Å². The van der Waals surface area contributed by atoms with Crippen LogP contribution in [-0.2, 0) is 9.59 Å². The molecule has 0 radical (unpaired) electrons. The highest BCUT2D eigenvalue weighted by atomic mass is 32.2. The smallest absolute Gasteiger partial charge is 0.208 e. The fourth-order valence-corrected chi connectivity index (χ4v) is 1.75. The molecule has 0 heterocycles. The molecule has 0 amide bonds. The third-order valence-electron chi connectivity index (χ3n) is 1.75. The van der Waals surface area contributed by atoms with Crippen LogP contribution in [-0.4, -0.2) is 17.3 Å². The van der Waals surface area contributed by atoms with Crippen LogP contribution < -0.4 is 0 Å². The molecule has 0 fully saturated rings. The van der Waals surface area contributed by atoms with Gasteiger partial charge in [-0.1, -0.05) is 25.1 Å². The predicted molar refractivity (Wildman–Crippen MR) is 57.5 cm³/mol. The van der Waals surface area contributed by atoms with Gasteiger partial charge in [-0.05, 0) is 12.1 Å². The molecule has 1 rings (SSSR count). The van der Waals surface area contributed by atoms with Crippen LogP contribution in [0.5, 0.6) is 0 Å². The molecule has 0 saturated carbocycles. The summed E-state index contributed by atoms with van der Waals surface area (Å²) < 4.78 is 0. The first kappa shape index (κ1) is 11.0. The largest absolute Gasteiger partial charge is 0.291 e. The van der Waals surface area contributed by atoms with Gasteiger partial charge in [-0.25, -0.2) is 0 Å². The van der Waals surface area contributed by atoms with E-state index in [-0.39, 0.29) is 17.3 Å². The summed E-state index contributed by atoms with van der Waals surface area (Å²) in [5.41, 5.74) is 0. The van der Waals surface area contributed by atoms with E-state index in [1.165, 1.54) is 11.8 Å². The van der Waals surface area contributed by atoms with Crippen molar-refractivity contribution >= 4 is 23.3 Å². The Balaban J connectivity index is 2.42. The molecule has 0 N–H and O–H groups in total. The van der Waals surface area contributed by atoms with Crippen molar-refractivity contribution in [1.82, 2.24) is 0 Å². The summed E-state index contributed by atoms with van der Waals surface area (Å²) in [6.45, 7) is 1.70. The molecular formula is C11H12O2S. The molecule has 3 heteroatoms. The number of rotatable bonds is 5. The Morgan fingerprint density at radius 3 is 2.36 bits per heavy atom. The Morgan fingerprint density at radius 2 is 1.79 bits per heavy atom. The van der Waals surface area contributed by atoms with Crippen molar-refractivity contribution in [2.45, 2.75) is 18.2 Å². The number of carbonyl (C=O) groups is 2. The monoisotopic (exact) mass is 208 g/mol. The van der Waals surface area contributed by atoms with E-state index in [1.807, 2.05) is 30.3 Å². The second-order valence-electron chi connectivity index (χ2n) is 2.80. The minimum Gasteiger partial charge on any atom is -0.291 e. The first-order valence-electron chi connectivity index (χ1n) is 4.48. The highest BCUT2D eigenvalue weighted by molar-refractivity contribution is 8.00. The normalized spacial score (nSPS) is 9.79. The predicted octanol–water partition coefficient (Wildman–Crippen LogP) is 2.33. The number of ketones is 2. The maximum absolute atomic E-state index is 11.2. The first-order chi connectivity index (χ1) is 6.74. The van der Waals surface area contributed by atoms with E-state index < -0.39 is 0 Å². The van der Waals surface area contributed by atoms with Crippen LogP contribution in [0.25, 0.3) is 0 Å². The highest BCUT2D eigenvalue weighted by Gasteiger charge is 2.10. The zero-order chi connectivity index (χ0) is 10.4. The van der Waals surface area contributed by atoms with Gasteiger partial charge in [-0.15, -0.1) is 11.8 Å². The minimum absolute atomic E-state index is 0.247. The van der Waals surface area contributed by atoms with Crippen molar-refractivity contribution in [3.8, 4) is 0 Å². The molecule has 0 atom stereocenters. The summed E-state index contributed by atoms with van der Waals surface area (Å²) in [4.78, 5) is 23.2. The Labute approximate surface area is 87.7 Å². The van der Waals surface area contributed by atoms with E-state index >= 15 is 0 Å². The Morgan fingerprint density at radius 1 is 1.14 bits per heavy atom. The molecule has 0 bridgehead atoms. The van der Waals surface area contributed by atoms with Gasteiger partial charge >= 0.3 is 0 Å². The van der Waals surface area contributed by atoms with Gasteiger partial charge in [0, 0.05) is 11.3 Å². The molecule has 1 aromatic rings. The maximum Gasteiger partial charge on any atom is 0.208 e. The van der Waals surface area contributed by atoms with E-state index in [0.29, 0.717) is 6.42 Å². The van der Waals surface area contributed by atoms with Crippen molar-refractivity contribution in [1.29, 1.82) is 0 Å². The quantitative estimate of drug-likeness (QED) is 0.550. The number of benzene rings is 1. The van der Waals surface area contributed by atoms with Crippen LogP contribution in [0.2, 0.25) is 0 Å². The van der Waals surface area contributed by atoms with Gasteiger partial charge in [-0.3, -0.25) is 9.59 Å². The lowest BCUT2D eigenvalue weighted by Crippen LogP contribution is -2.14. The van der Waals surface area contributed by atoms with E-state index in [2.05, 4.69) is 0 Å². The van der Waals surface area contributed by atoms with Crippen molar-refractivity contribution in [3.05, 3.63) is 30.3 Å². The number of hydrogen-bond acceptors (Lipinski definition) is 3. The summed E-state index contributed by atoms with van der Waals surface area (Å²) in [6.07, 6.45) is 0.300. The van der Waals surface area contributed by atoms with Gasteiger partial charge in [0.25, 0.3) is 0 Å². The first-order valence-corrected chi connectivity index (χ1v) is 5.46. The van der Waals surface area contributed by atoms with Crippen LogP contribution in [0.3, 0.4) is 0 Å².